The fourth-order valence-electron chi connectivity index (χ4n) is 2.22. The molecule has 114 valence electrons. The van der Waals surface area contributed by atoms with E-state index in [0.29, 0.717) is 0 Å². The quantitative estimate of drug-likeness (QED) is 0.885. The van der Waals surface area contributed by atoms with Crippen LogP contribution in [0.4, 0.5) is 0 Å². The van der Waals surface area contributed by atoms with Gasteiger partial charge in [0.25, 0.3) is 0 Å². The van der Waals surface area contributed by atoms with Gasteiger partial charge in [0.15, 0.2) is 11.5 Å². The van der Waals surface area contributed by atoms with Gasteiger partial charge in [-0.05, 0) is 38.5 Å². The highest BCUT2D eigenvalue weighted by Crippen LogP contribution is 2.30. The summed E-state index contributed by atoms with van der Waals surface area (Å²) in [6, 6.07) is 6.24. The Hall–Kier alpha value is -1.59. The summed E-state index contributed by atoms with van der Waals surface area (Å²) in [7, 11) is 3.30. The van der Waals surface area contributed by atoms with E-state index in [-0.39, 0.29) is 6.04 Å². The topological polar surface area (TPSA) is 43.4 Å². The zero-order chi connectivity index (χ0) is 15.4. The van der Waals surface area contributed by atoms with E-state index >= 15 is 0 Å². The van der Waals surface area contributed by atoms with Gasteiger partial charge in [0.05, 0.1) is 24.9 Å². The molecule has 0 saturated carbocycles. The number of rotatable bonds is 6. The maximum absolute atomic E-state index is 5.35. The molecule has 0 radical (unpaired) electrons. The van der Waals surface area contributed by atoms with Gasteiger partial charge in [-0.15, -0.1) is 11.3 Å². The minimum absolute atomic E-state index is 0.228. The van der Waals surface area contributed by atoms with Crippen LogP contribution in [0, 0.1) is 13.8 Å². The van der Waals surface area contributed by atoms with Crippen molar-refractivity contribution in [3.05, 3.63) is 39.3 Å². The summed E-state index contributed by atoms with van der Waals surface area (Å²) in [4.78, 5) is 5.75. The molecule has 4 nitrogen and oxygen atoms in total. The van der Waals surface area contributed by atoms with Crippen LogP contribution in [0.1, 0.15) is 34.1 Å². The van der Waals surface area contributed by atoms with Gasteiger partial charge in [0.1, 0.15) is 0 Å². The summed E-state index contributed by atoms with van der Waals surface area (Å²) < 4.78 is 10.6. The van der Waals surface area contributed by atoms with Gasteiger partial charge in [-0.1, -0.05) is 6.07 Å². The standard InChI is InChI=1S/C16H22N2O2S/c1-10(17-9-16-11(2)18-12(3)21-16)13-6-7-14(19-4)15(8-13)20-5/h6-8,10,17H,9H2,1-5H3. The molecule has 2 rings (SSSR count). The molecule has 1 heterocycles. The average molecular weight is 306 g/mol. The first-order valence-corrected chi connectivity index (χ1v) is 7.75. The maximum atomic E-state index is 5.35. The van der Waals surface area contributed by atoms with Crippen molar-refractivity contribution in [2.75, 3.05) is 14.2 Å². The molecule has 0 fully saturated rings. The highest BCUT2D eigenvalue weighted by Gasteiger charge is 2.11. The summed E-state index contributed by atoms with van der Waals surface area (Å²) in [6.45, 7) is 7.07. The third-order valence-corrected chi connectivity index (χ3v) is 4.55. The second kappa shape index (κ2) is 6.91. The monoisotopic (exact) mass is 306 g/mol. The van der Waals surface area contributed by atoms with E-state index < -0.39 is 0 Å². The molecule has 1 aromatic heterocycles. The zero-order valence-electron chi connectivity index (χ0n) is 13.2. The van der Waals surface area contributed by atoms with E-state index in [1.54, 1.807) is 25.6 Å². The summed E-state index contributed by atoms with van der Waals surface area (Å²) in [5.74, 6) is 1.51. The van der Waals surface area contributed by atoms with Crippen molar-refractivity contribution < 1.29 is 9.47 Å². The van der Waals surface area contributed by atoms with Gasteiger partial charge in [0, 0.05) is 17.5 Å². The van der Waals surface area contributed by atoms with Crippen LogP contribution in [0.15, 0.2) is 18.2 Å². The molecular weight excluding hydrogens is 284 g/mol. The number of hydrogen-bond donors (Lipinski definition) is 1. The van der Waals surface area contributed by atoms with Crippen molar-refractivity contribution in [1.29, 1.82) is 0 Å². The minimum Gasteiger partial charge on any atom is -0.493 e. The first-order valence-electron chi connectivity index (χ1n) is 6.93. The molecule has 0 aliphatic rings. The Balaban J connectivity index is 2.06. The van der Waals surface area contributed by atoms with Crippen molar-refractivity contribution in [3.63, 3.8) is 0 Å². The van der Waals surface area contributed by atoms with Crippen LogP contribution < -0.4 is 14.8 Å². The molecule has 1 N–H and O–H groups in total. The van der Waals surface area contributed by atoms with Crippen LogP contribution in [0.5, 0.6) is 11.5 Å². The maximum Gasteiger partial charge on any atom is 0.161 e. The molecule has 5 heteroatoms. The van der Waals surface area contributed by atoms with Gasteiger partial charge in [-0.2, -0.15) is 0 Å². The molecule has 1 aromatic carbocycles. The van der Waals surface area contributed by atoms with Crippen molar-refractivity contribution >= 4 is 11.3 Å². The van der Waals surface area contributed by atoms with Gasteiger partial charge in [-0.25, -0.2) is 4.98 Å². The Morgan fingerprint density at radius 2 is 1.90 bits per heavy atom. The minimum atomic E-state index is 0.228. The Kier molecular flexibility index (Phi) is 5.20. The third kappa shape index (κ3) is 3.74. The summed E-state index contributed by atoms with van der Waals surface area (Å²) in [5, 5.41) is 4.65. The van der Waals surface area contributed by atoms with Crippen LogP contribution in [-0.4, -0.2) is 19.2 Å². The Morgan fingerprint density at radius 1 is 1.19 bits per heavy atom. The van der Waals surface area contributed by atoms with E-state index in [1.807, 2.05) is 19.1 Å². The third-order valence-electron chi connectivity index (χ3n) is 3.48. The van der Waals surface area contributed by atoms with Gasteiger partial charge >= 0.3 is 0 Å². The van der Waals surface area contributed by atoms with Gasteiger partial charge < -0.3 is 14.8 Å². The van der Waals surface area contributed by atoms with E-state index in [4.69, 9.17) is 9.47 Å². The van der Waals surface area contributed by atoms with Crippen molar-refractivity contribution in [1.82, 2.24) is 10.3 Å². The second-order valence-electron chi connectivity index (χ2n) is 4.96. The number of thiazole rings is 1. The lowest BCUT2D eigenvalue weighted by Gasteiger charge is -2.16. The number of benzene rings is 1. The number of aromatic nitrogens is 1. The van der Waals surface area contributed by atoms with Crippen LogP contribution in [0.3, 0.4) is 0 Å². The fourth-order valence-corrected chi connectivity index (χ4v) is 3.11. The Labute approximate surface area is 130 Å². The first-order chi connectivity index (χ1) is 10.0. The van der Waals surface area contributed by atoms with Crippen LogP contribution in [0.2, 0.25) is 0 Å². The molecule has 0 bridgehead atoms. The lowest BCUT2D eigenvalue weighted by molar-refractivity contribution is 0.354. The smallest absolute Gasteiger partial charge is 0.161 e. The number of hydrogen-bond acceptors (Lipinski definition) is 5. The van der Waals surface area contributed by atoms with E-state index in [9.17, 15) is 0 Å². The molecular formula is C16H22N2O2S. The van der Waals surface area contributed by atoms with Crippen LogP contribution in [0.25, 0.3) is 0 Å². The van der Waals surface area contributed by atoms with Crippen molar-refractivity contribution in [2.24, 2.45) is 0 Å². The molecule has 0 aliphatic heterocycles. The summed E-state index contributed by atoms with van der Waals surface area (Å²) in [6.07, 6.45) is 0. The van der Waals surface area contributed by atoms with Gasteiger partial charge in [-0.3, -0.25) is 0 Å². The first kappa shape index (κ1) is 15.8. The van der Waals surface area contributed by atoms with E-state index in [1.165, 1.54) is 10.4 Å². The lowest BCUT2D eigenvalue weighted by Crippen LogP contribution is -2.18. The lowest BCUT2D eigenvalue weighted by atomic mass is 10.1. The molecule has 0 saturated heterocycles. The largest absolute Gasteiger partial charge is 0.493 e. The van der Waals surface area contributed by atoms with Crippen molar-refractivity contribution in [2.45, 2.75) is 33.4 Å². The van der Waals surface area contributed by atoms with E-state index in [2.05, 4.69) is 30.2 Å². The molecule has 1 unspecified atom stereocenters. The normalized spacial score (nSPS) is 12.2. The van der Waals surface area contributed by atoms with Crippen molar-refractivity contribution in [3.8, 4) is 11.5 Å². The summed E-state index contributed by atoms with van der Waals surface area (Å²) in [5.41, 5.74) is 2.29. The van der Waals surface area contributed by atoms with Crippen LogP contribution >= 0.6 is 11.3 Å². The SMILES string of the molecule is COc1ccc(C(C)NCc2sc(C)nc2C)cc1OC. The molecule has 0 amide bonds. The van der Waals surface area contributed by atoms with Crippen LogP contribution in [-0.2, 0) is 6.54 Å². The highest BCUT2D eigenvalue weighted by atomic mass is 32.1. The number of methoxy groups -OCH3 is 2. The molecule has 1 atom stereocenters. The number of nitrogens with zero attached hydrogens (tertiary/aromatic N) is 1. The molecule has 2 aromatic rings. The predicted molar refractivity (Wildman–Crippen MR) is 86.4 cm³/mol. The van der Waals surface area contributed by atoms with Gasteiger partial charge in [0.2, 0.25) is 0 Å². The second-order valence-corrected chi connectivity index (χ2v) is 6.25. The molecule has 0 spiro atoms. The Morgan fingerprint density at radius 3 is 2.48 bits per heavy atom. The number of ether oxygens (including phenoxy) is 2. The Bertz CT molecular complexity index is 610. The predicted octanol–water partition coefficient (Wildman–Crippen LogP) is 3.63. The number of nitrogens with one attached hydrogen (secondary N) is 1. The average Bonchev–Trinajstić information content (AvgIpc) is 2.81. The zero-order valence-corrected chi connectivity index (χ0v) is 14.0. The fraction of sp³-hybridized carbons (Fsp3) is 0.438. The number of aryl methyl sites for hydroxylation is 2. The van der Waals surface area contributed by atoms with E-state index in [0.717, 1.165) is 28.7 Å². The molecule has 21 heavy (non-hydrogen) atoms. The summed E-state index contributed by atoms with van der Waals surface area (Å²) >= 11 is 1.75. The highest BCUT2D eigenvalue weighted by molar-refractivity contribution is 7.11. The molecule has 0 aliphatic carbocycles.